The number of allylic oxidation sites excluding steroid dienone is 2. The van der Waals surface area contributed by atoms with Crippen LogP contribution in [0.15, 0.2) is 40.4 Å². The molecule has 0 amide bonds. The van der Waals surface area contributed by atoms with Crippen LogP contribution in [0.3, 0.4) is 0 Å². The molecule has 4 heterocycles. The molecule has 6 nitrogen and oxygen atoms in total. The zero-order chi connectivity index (χ0) is 33.8. The summed E-state index contributed by atoms with van der Waals surface area (Å²) >= 11 is 0. The van der Waals surface area contributed by atoms with Gasteiger partial charge in [-0.25, -0.2) is 0 Å². The van der Waals surface area contributed by atoms with Crippen molar-refractivity contribution in [1.29, 1.82) is 0 Å². The Morgan fingerprint density at radius 3 is 2.69 bits per heavy atom. The molecule has 2 fully saturated rings. The van der Waals surface area contributed by atoms with Crippen molar-refractivity contribution in [3.63, 3.8) is 0 Å². The molecule has 12 heteroatoms. The molecular formula is C37H51N3O3S6. The summed E-state index contributed by atoms with van der Waals surface area (Å²) in [6.07, 6.45) is 6.43. The number of rotatable bonds is 3. The molecule has 2 spiro atoms. The zero-order valence-corrected chi connectivity index (χ0v) is 33.3. The molecule has 4 aliphatic heterocycles. The highest BCUT2D eigenvalue weighted by atomic mass is 33.1. The summed E-state index contributed by atoms with van der Waals surface area (Å²) in [5, 5.41) is 25.2. The van der Waals surface area contributed by atoms with Gasteiger partial charge in [-0.3, -0.25) is 9.79 Å². The Hall–Kier alpha value is -0.0800. The van der Waals surface area contributed by atoms with E-state index in [0.29, 0.717) is 35.9 Å². The van der Waals surface area contributed by atoms with E-state index >= 15 is 0 Å². The van der Waals surface area contributed by atoms with Crippen LogP contribution in [0.4, 0.5) is 0 Å². The second-order valence-corrected chi connectivity index (χ2v) is 23.6. The number of ketones is 1. The van der Waals surface area contributed by atoms with Crippen molar-refractivity contribution in [2.24, 2.45) is 63.0 Å². The van der Waals surface area contributed by atoms with Gasteiger partial charge in [0.2, 0.25) is 0 Å². The molecule has 5 N–H and O–H groups in total. The SMILES string of the molecule is CC12CCSSCC34CC(CSSCc5cccc(c5)CC3CN=C(N)N4)C3CSSCC(CCO)C4C(CO)CC1CC1=C3C(=O)CC142. The summed E-state index contributed by atoms with van der Waals surface area (Å²) in [6.45, 7) is 3.61. The van der Waals surface area contributed by atoms with Crippen molar-refractivity contribution in [1.82, 2.24) is 5.32 Å². The highest BCUT2D eigenvalue weighted by molar-refractivity contribution is 8.77. The van der Waals surface area contributed by atoms with Crippen molar-refractivity contribution < 1.29 is 15.0 Å². The molecule has 8 rings (SSSR count). The normalized spacial score (nSPS) is 42.5. The predicted molar refractivity (Wildman–Crippen MR) is 215 cm³/mol. The van der Waals surface area contributed by atoms with Crippen LogP contribution in [-0.4, -0.2) is 76.0 Å². The van der Waals surface area contributed by atoms with Gasteiger partial charge in [0.25, 0.3) is 0 Å². The molecule has 49 heavy (non-hydrogen) atoms. The van der Waals surface area contributed by atoms with Crippen molar-refractivity contribution >= 4 is 76.5 Å². The third-order valence-electron chi connectivity index (χ3n) is 13.9. The lowest BCUT2D eigenvalue weighted by molar-refractivity contribution is -0.129. The van der Waals surface area contributed by atoms with E-state index in [2.05, 4.69) is 36.5 Å². The largest absolute Gasteiger partial charge is 0.396 e. The van der Waals surface area contributed by atoms with Crippen LogP contribution in [0.25, 0.3) is 0 Å². The lowest BCUT2D eigenvalue weighted by atomic mass is 9.46. The van der Waals surface area contributed by atoms with E-state index in [-0.39, 0.29) is 53.3 Å². The van der Waals surface area contributed by atoms with Crippen LogP contribution < -0.4 is 11.1 Å². The molecule has 2 saturated carbocycles. The van der Waals surface area contributed by atoms with Gasteiger partial charge in [0.1, 0.15) is 0 Å². The molecule has 268 valence electrons. The monoisotopic (exact) mass is 777 g/mol. The molecule has 3 aliphatic carbocycles. The number of guanidine groups is 1. The smallest absolute Gasteiger partial charge is 0.189 e. The first-order valence-electron chi connectivity index (χ1n) is 18.2. The summed E-state index contributed by atoms with van der Waals surface area (Å²) in [4.78, 5) is 19.8. The first-order valence-corrected chi connectivity index (χ1v) is 25.7. The van der Waals surface area contributed by atoms with Crippen LogP contribution in [0.2, 0.25) is 0 Å². The Kier molecular flexibility index (Phi) is 10.7. The fourth-order valence-corrected chi connectivity index (χ4v) is 19.9. The number of hydrogen-bond acceptors (Lipinski definition) is 12. The average molecular weight is 778 g/mol. The Morgan fingerprint density at radius 1 is 1.00 bits per heavy atom. The lowest BCUT2D eigenvalue weighted by Gasteiger charge is -2.58. The molecule has 0 aromatic heterocycles. The van der Waals surface area contributed by atoms with Crippen LogP contribution >= 0.6 is 64.8 Å². The van der Waals surface area contributed by atoms with E-state index in [4.69, 9.17) is 10.7 Å². The van der Waals surface area contributed by atoms with Gasteiger partial charge in [0.15, 0.2) is 11.7 Å². The van der Waals surface area contributed by atoms with Crippen molar-refractivity contribution in [3.05, 3.63) is 46.5 Å². The minimum atomic E-state index is -0.226. The number of nitrogens with two attached hydrogens (primary N) is 1. The topological polar surface area (TPSA) is 108 Å². The van der Waals surface area contributed by atoms with Crippen LogP contribution in [0.5, 0.6) is 0 Å². The molecule has 10 bridgehead atoms. The standard InChI is InChI=1S/C37H51N3O3S6/c1-35-6-8-44-49-21-36-13-26(19-47-45-17-23-4-2-3-22(9-23)10-28(36)15-39-34(38)40-36)29-20-48-46-18-24(5-7-41)33-25(16-42)11-27(35)12-30-32(29)31(43)14-37(30,33)35/h2-4,9,24-29,33,41-42H,5-8,10-21H2,1H3,(H3,38,39,40). The quantitative estimate of drug-likeness (QED) is 0.236. The van der Waals surface area contributed by atoms with Gasteiger partial charge in [-0.05, 0) is 90.2 Å². The van der Waals surface area contributed by atoms with E-state index in [1.807, 2.05) is 64.8 Å². The Balaban J connectivity index is 1.30. The minimum Gasteiger partial charge on any atom is -0.396 e. The number of aliphatic hydroxyl groups is 2. The van der Waals surface area contributed by atoms with Gasteiger partial charge in [-0.1, -0.05) is 102 Å². The zero-order valence-electron chi connectivity index (χ0n) is 28.4. The van der Waals surface area contributed by atoms with E-state index in [0.717, 1.165) is 79.6 Å². The maximum Gasteiger partial charge on any atom is 0.189 e. The van der Waals surface area contributed by atoms with E-state index < -0.39 is 0 Å². The number of nitrogens with zero attached hydrogens (tertiary/aromatic N) is 1. The number of aliphatic hydroxyl groups excluding tert-OH is 2. The van der Waals surface area contributed by atoms with Gasteiger partial charge < -0.3 is 21.3 Å². The second kappa shape index (κ2) is 14.6. The van der Waals surface area contributed by atoms with Crippen LogP contribution in [-0.2, 0) is 17.0 Å². The highest BCUT2D eigenvalue weighted by Crippen LogP contribution is 2.77. The molecule has 1 aromatic carbocycles. The first-order chi connectivity index (χ1) is 23.8. The highest BCUT2D eigenvalue weighted by Gasteiger charge is 2.71. The average Bonchev–Trinajstić information content (AvgIpc) is 3.41. The third-order valence-corrected chi connectivity index (χ3v) is 21.4. The van der Waals surface area contributed by atoms with Gasteiger partial charge >= 0.3 is 0 Å². The van der Waals surface area contributed by atoms with Crippen molar-refractivity contribution in [2.75, 3.05) is 48.5 Å². The molecule has 10 unspecified atom stereocenters. The number of aliphatic imine (C=N–C) groups is 1. The van der Waals surface area contributed by atoms with E-state index in [1.165, 1.54) is 22.3 Å². The van der Waals surface area contributed by atoms with Gasteiger partial charge in [-0.15, -0.1) is 0 Å². The summed E-state index contributed by atoms with van der Waals surface area (Å²) < 4.78 is 0. The van der Waals surface area contributed by atoms with Crippen LogP contribution in [0.1, 0.15) is 56.6 Å². The summed E-state index contributed by atoms with van der Waals surface area (Å²) in [7, 11) is 11.9. The predicted octanol–water partition coefficient (Wildman–Crippen LogP) is 7.11. The number of carbonyl (C=O) groups is 1. The molecule has 0 saturated heterocycles. The summed E-state index contributed by atoms with van der Waals surface area (Å²) in [5.41, 5.74) is 11.6. The third kappa shape index (κ3) is 6.18. The second-order valence-electron chi connectivity index (χ2n) is 16.0. The Bertz CT molecular complexity index is 1490. The molecule has 10 atom stereocenters. The fraction of sp³-hybridized carbons (Fsp3) is 0.730. The fourth-order valence-electron chi connectivity index (χ4n) is 11.7. The lowest BCUT2D eigenvalue weighted by Crippen LogP contribution is -2.63. The molecule has 7 aliphatic rings. The maximum atomic E-state index is 15.0. The summed E-state index contributed by atoms with van der Waals surface area (Å²) in [6, 6.07) is 9.17. The Labute approximate surface area is 315 Å². The minimum absolute atomic E-state index is 0.0101. The molecular weight excluding hydrogens is 727 g/mol. The number of fused-ring (bicyclic) bond motifs is 4. The summed E-state index contributed by atoms with van der Waals surface area (Å²) in [5.74, 6) is 8.84. The van der Waals surface area contributed by atoms with E-state index in [9.17, 15) is 15.0 Å². The van der Waals surface area contributed by atoms with Crippen molar-refractivity contribution in [3.8, 4) is 0 Å². The number of carbonyl (C=O) groups excluding carboxylic acids is 1. The number of nitrogens with one attached hydrogen (secondary N) is 1. The maximum absolute atomic E-state index is 15.0. The molecule has 0 radical (unpaired) electrons. The molecule has 1 aromatic rings. The first kappa shape index (κ1) is 35.9. The van der Waals surface area contributed by atoms with Gasteiger partial charge in [0, 0.05) is 77.9 Å². The Morgan fingerprint density at radius 2 is 1.84 bits per heavy atom. The number of hydrogen-bond donors (Lipinski definition) is 4. The number of Topliss-reactive ketones (excluding diaryl/α,β-unsaturated/α-hetero) is 1. The van der Waals surface area contributed by atoms with Gasteiger partial charge in [0.05, 0.1) is 5.54 Å². The van der Waals surface area contributed by atoms with Crippen molar-refractivity contribution in [2.45, 2.75) is 63.2 Å². The van der Waals surface area contributed by atoms with E-state index in [1.54, 1.807) is 0 Å². The number of benzene rings is 1. The van der Waals surface area contributed by atoms with Gasteiger partial charge in [-0.2, -0.15) is 0 Å². The van der Waals surface area contributed by atoms with Crippen LogP contribution in [0, 0.1) is 52.3 Å².